The molecule has 181 valence electrons. The second kappa shape index (κ2) is 29.6. The van der Waals surface area contributed by atoms with Gasteiger partial charge in [-0.1, -0.05) is 0 Å². The van der Waals surface area contributed by atoms with Crippen LogP contribution in [-0.4, -0.2) is 405 Å². The van der Waals surface area contributed by atoms with E-state index in [1.54, 1.807) is 0 Å². The molecule has 0 aromatic heterocycles. The van der Waals surface area contributed by atoms with Crippen LogP contribution < -0.4 is 0 Å². The molecule has 0 rings (SSSR count). The van der Waals surface area contributed by atoms with Crippen LogP contribution in [0.3, 0.4) is 0 Å². The van der Waals surface area contributed by atoms with Gasteiger partial charge in [-0.05, 0) is 0 Å². The fraction of sp³-hybridized carbons (Fsp3) is 0. The van der Waals surface area contributed by atoms with Crippen molar-refractivity contribution < 1.29 is 0 Å². The third-order valence-corrected chi connectivity index (χ3v) is 21.6. The summed E-state index contributed by atoms with van der Waals surface area (Å²) in [7, 11) is 194. The first-order chi connectivity index (χ1) is 26.9. The van der Waals surface area contributed by atoms with Crippen molar-refractivity contribution in [3.63, 3.8) is 0 Å². The molecule has 0 nitrogen and oxygen atoms in total. The zero-order valence-corrected chi connectivity index (χ0v) is 35.6. The molecule has 0 N–H and O–H groups in total. The summed E-state index contributed by atoms with van der Waals surface area (Å²) in [6.07, 6.45) is -35.0. The molecule has 0 aromatic rings. The maximum Gasteiger partial charge on any atom is 0.0670 e. The summed E-state index contributed by atoms with van der Waals surface area (Å²) >= 11 is 0. The van der Waals surface area contributed by atoms with E-state index in [0.717, 1.165) is 7.06 Å². The maximum absolute atomic E-state index is 7.04. The van der Waals surface area contributed by atoms with Crippen LogP contribution in [0.2, 0.25) is 0 Å². The Morgan fingerprint density at radius 1 is 0.203 bits per heavy atom. The SMILES string of the molecule is [B][B]B([B])B(B(B([B])[B])B([B])[B])P(B(B(B([B])[B])B([B])[B])B(B([B])[B])B([B])[B])P(B(B(B([B])[B])B([B])[B])B(B([B])[B])B([B])[B])B(B(B([B])[B])B([B])[B])B(B([B])[B])B([B])[B]. The normalized spacial score (nSPS) is 10.5. The number of rotatable bonds is 28. The van der Waals surface area contributed by atoms with E-state index in [1.165, 1.54) is 0 Å². The standard InChI is InChI=1S/B57P2/c1-31-46(30)54(47(32(2)3)33(4)5)58(55(48(34(6)7)35(8)9)49(36(10)11)37(12)13)59(56(50(38(14)15)39(16)17)51(40(18)19)41(20)21)57(52(42(22)23)43(24)25)53(44(26)27)45(28)29. The van der Waals surface area contributed by atoms with Gasteiger partial charge in [-0.25, -0.2) is 14.7 Å². The summed E-state index contributed by atoms with van der Waals surface area (Å²) in [5, 5.41) is 0. The summed E-state index contributed by atoms with van der Waals surface area (Å²) < 4.78 is 0. The van der Waals surface area contributed by atoms with Gasteiger partial charge in [0.05, 0.1) is 24.9 Å². The molecule has 0 saturated carbocycles. The van der Waals surface area contributed by atoms with Gasteiger partial charge in [0.25, 0.3) is 0 Å². The van der Waals surface area contributed by atoms with Gasteiger partial charge in [-0.15, -0.1) is 0 Å². The topological polar surface area (TPSA) is 0 Å². The predicted molar refractivity (Wildman–Crippen MR) is 342 cm³/mol. The monoisotopic (exact) mass is 689 g/mol. The van der Waals surface area contributed by atoms with Crippen LogP contribution in [-0.2, 0) is 0 Å². The van der Waals surface area contributed by atoms with Crippen LogP contribution in [0.5, 0.6) is 0 Å². The Labute approximate surface area is 415 Å². The Bertz CT molecular complexity index is 914. The van der Waals surface area contributed by atoms with Crippen molar-refractivity contribution >= 4 is 419 Å². The molecule has 0 bridgehead atoms. The molecule has 0 fully saturated rings. The van der Waals surface area contributed by atoms with Crippen molar-refractivity contribution in [3.05, 3.63) is 0 Å². The first-order valence-electron chi connectivity index (χ1n) is 18.9. The van der Waals surface area contributed by atoms with Gasteiger partial charge in [0, 0.05) is 380 Å². The van der Waals surface area contributed by atoms with E-state index in [2.05, 4.69) is 0 Å². The third-order valence-electron chi connectivity index (χ3n) is 11.1. The lowest BCUT2D eigenvalue weighted by atomic mass is 8.51. The van der Waals surface area contributed by atoms with E-state index < -0.39 is 180 Å². The van der Waals surface area contributed by atoms with Crippen molar-refractivity contribution in [2.24, 2.45) is 0 Å². The maximum atomic E-state index is 7.04. The molecule has 0 aromatic carbocycles. The zero-order chi connectivity index (χ0) is 46.9. The predicted octanol–water partition coefficient (Wildman–Crippen LogP) is -20.0. The van der Waals surface area contributed by atoms with E-state index in [-0.39, 0.29) is 0 Å². The Balaban J connectivity index is 10.5. The molecule has 59 heteroatoms. The van der Waals surface area contributed by atoms with E-state index in [0.29, 0.717) is 0 Å². The third kappa shape index (κ3) is 17.5. The molecule has 0 aliphatic rings. The Morgan fingerprint density at radius 2 is 0.322 bits per heavy atom. The quantitative estimate of drug-likeness (QED) is 0.0571. The molecule has 0 saturated heterocycles. The average Bonchev–Trinajstić information content (AvgIpc) is 3.02. The van der Waals surface area contributed by atoms with Crippen LogP contribution in [0.1, 0.15) is 0 Å². The lowest BCUT2D eigenvalue weighted by Crippen LogP contribution is -2.80. The molecule has 0 aliphatic carbocycles. The van der Waals surface area contributed by atoms with E-state index in [4.69, 9.17) is 232 Å². The van der Waals surface area contributed by atoms with Crippen molar-refractivity contribution in [1.82, 2.24) is 0 Å². The molecule has 0 amide bonds. The van der Waals surface area contributed by atoms with Gasteiger partial charge in [0.15, 0.2) is 0 Å². The summed E-state index contributed by atoms with van der Waals surface area (Å²) in [6.45, 7) is 0. The van der Waals surface area contributed by atoms with Crippen LogP contribution in [0.4, 0.5) is 0 Å². The molecule has 59 heavy (non-hydrogen) atoms. The van der Waals surface area contributed by atoms with Gasteiger partial charge >= 0.3 is 0 Å². The molecule has 1 unspecified atom stereocenters. The minimum Gasteiger partial charge on any atom is -0.203 e. The van der Waals surface area contributed by atoms with Crippen molar-refractivity contribution in [2.45, 2.75) is 0 Å². The Hall–Kier alpha value is 4.56. The lowest BCUT2D eigenvalue weighted by Gasteiger charge is -2.61. The smallest absolute Gasteiger partial charge is 0.0670 e. The lowest BCUT2D eigenvalue weighted by molar-refractivity contribution is 3.33. The molecule has 0 spiro atoms. The number of hydrogen-bond acceptors (Lipinski definition) is 0. The van der Waals surface area contributed by atoms with E-state index in [1.807, 2.05) is 0 Å². The second-order valence-corrected chi connectivity index (χ2v) is 22.3. The zero-order valence-electron chi connectivity index (χ0n) is 33.8. The summed E-state index contributed by atoms with van der Waals surface area (Å²) in [5.41, 5.74) is 0. The molecule has 1 atom stereocenters. The van der Waals surface area contributed by atoms with Crippen LogP contribution >= 0.6 is 14.7 Å². The highest BCUT2D eigenvalue weighted by Crippen LogP contribution is 2.76. The summed E-state index contributed by atoms with van der Waals surface area (Å²) in [6, 6.07) is 0. The molecule has 0 heterocycles. The van der Waals surface area contributed by atoms with Gasteiger partial charge < -0.3 is 0 Å². The minimum absolute atomic E-state index is 1.13. The first-order valence-corrected chi connectivity index (χ1v) is 22.6. The second-order valence-electron chi connectivity index (χ2n) is 15.6. The first kappa shape index (κ1) is 63.6. The van der Waals surface area contributed by atoms with Crippen molar-refractivity contribution in [2.75, 3.05) is 0 Å². The summed E-state index contributed by atoms with van der Waals surface area (Å²) in [4.78, 5) is 0. The molecular formula is B57P2. The highest BCUT2D eigenvalue weighted by atomic mass is 32.1. The summed E-state index contributed by atoms with van der Waals surface area (Å²) in [5.74, 6) is 0. The van der Waals surface area contributed by atoms with Crippen LogP contribution in [0, 0.1) is 0 Å². The molecule has 0 aliphatic heterocycles. The largest absolute Gasteiger partial charge is 0.203 e. The fourth-order valence-electron chi connectivity index (χ4n) is 8.55. The van der Waals surface area contributed by atoms with Crippen LogP contribution in [0.15, 0.2) is 0 Å². The van der Waals surface area contributed by atoms with Crippen LogP contribution in [0.25, 0.3) is 0 Å². The molecular weight excluding hydrogens is 678 g/mol. The Kier molecular flexibility index (Phi) is 31.8. The Morgan fingerprint density at radius 3 is 0.441 bits per heavy atom. The highest BCUT2D eigenvalue weighted by Gasteiger charge is 2.60. The minimum atomic E-state index is -2.57. The average molecular weight is 678 g/mol. The number of hydrogen-bond donors (Lipinski definition) is 0. The van der Waals surface area contributed by atoms with Gasteiger partial charge in [-0.2, -0.15) is 0 Å². The fourth-order valence-corrected chi connectivity index (χ4v) is 23.7. The highest BCUT2D eigenvalue weighted by molar-refractivity contribution is 8.85. The van der Waals surface area contributed by atoms with Crippen molar-refractivity contribution in [3.8, 4) is 0 Å². The van der Waals surface area contributed by atoms with E-state index in [9.17, 15) is 0 Å². The van der Waals surface area contributed by atoms with Gasteiger partial charge in [0.1, 0.15) is 0 Å². The van der Waals surface area contributed by atoms with Gasteiger partial charge in [-0.3, -0.25) is 0 Å². The van der Waals surface area contributed by atoms with Crippen molar-refractivity contribution in [1.29, 1.82) is 0 Å². The van der Waals surface area contributed by atoms with E-state index >= 15 is 0 Å². The molecule has 61 radical (unpaired) electrons. The van der Waals surface area contributed by atoms with Gasteiger partial charge in [0.2, 0.25) is 0 Å².